The average molecular weight is 336 g/mol. The Morgan fingerprint density at radius 1 is 1.20 bits per heavy atom. The van der Waals surface area contributed by atoms with Gasteiger partial charge in [0.15, 0.2) is 11.5 Å². The first-order valence-electron chi connectivity index (χ1n) is 6.45. The molecule has 0 aromatic heterocycles. The topological polar surface area (TPSA) is 41.5 Å². The highest BCUT2D eigenvalue weighted by atomic mass is 79.9. The quantitative estimate of drug-likeness (QED) is 0.867. The zero-order valence-corrected chi connectivity index (χ0v) is 13.1. The van der Waals surface area contributed by atoms with Crippen LogP contribution < -0.4 is 10.1 Å². The van der Waals surface area contributed by atoms with E-state index in [9.17, 15) is 5.11 Å². The van der Waals surface area contributed by atoms with Crippen LogP contribution in [-0.2, 0) is 6.54 Å². The van der Waals surface area contributed by atoms with Gasteiger partial charge in [0.1, 0.15) is 0 Å². The Hall–Kier alpha value is -1.52. The van der Waals surface area contributed by atoms with Crippen molar-refractivity contribution in [2.75, 3.05) is 7.11 Å². The van der Waals surface area contributed by atoms with E-state index in [0.717, 1.165) is 10.0 Å². The lowest BCUT2D eigenvalue weighted by molar-refractivity contribution is 0.373. The molecule has 0 heterocycles. The lowest BCUT2D eigenvalue weighted by atomic mass is 10.1. The predicted octanol–water partition coefficient (Wildman–Crippen LogP) is 4.01. The molecular formula is C16H18BrNO2. The van der Waals surface area contributed by atoms with Crippen LogP contribution in [0.4, 0.5) is 0 Å². The largest absolute Gasteiger partial charge is 0.504 e. The van der Waals surface area contributed by atoms with E-state index in [1.165, 1.54) is 5.56 Å². The summed E-state index contributed by atoms with van der Waals surface area (Å²) in [7, 11) is 1.54. The molecule has 0 unspecified atom stereocenters. The van der Waals surface area contributed by atoms with Crippen molar-refractivity contribution in [1.82, 2.24) is 5.32 Å². The predicted molar refractivity (Wildman–Crippen MR) is 84.1 cm³/mol. The van der Waals surface area contributed by atoms with E-state index in [4.69, 9.17) is 4.74 Å². The molecule has 0 saturated heterocycles. The van der Waals surface area contributed by atoms with E-state index in [2.05, 4.69) is 40.3 Å². The highest BCUT2D eigenvalue weighted by Gasteiger charge is 2.06. The van der Waals surface area contributed by atoms with Crippen LogP contribution in [0, 0.1) is 0 Å². The van der Waals surface area contributed by atoms with Crippen LogP contribution in [0.15, 0.2) is 46.9 Å². The van der Waals surface area contributed by atoms with Crippen molar-refractivity contribution in [1.29, 1.82) is 0 Å². The summed E-state index contributed by atoms with van der Waals surface area (Å²) in [6.07, 6.45) is 0. The third-order valence-electron chi connectivity index (χ3n) is 3.23. The van der Waals surface area contributed by atoms with Gasteiger partial charge in [0, 0.05) is 17.1 Å². The SMILES string of the molecule is COc1ccc(CN[C@@H](C)c2ccc(Br)cc2)cc1O. The second kappa shape index (κ2) is 6.77. The molecule has 2 aromatic carbocycles. The number of methoxy groups -OCH3 is 1. The van der Waals surface area contributed by atoms with Crippen molar-refractivity contribution in [3.8, 4) is 11.5 Å². The van der Waals surface area contributed by atoms with E-state index >= 15 is 0 Å². The highest BCUT2D eigenvalue weighted by molar-refractivity contribution is 9.10. The number of nitrogens with one attached hydrogen (secondary N) is 1. The first kappa shape index (κ1) is 14.9. The summed E-state index contributed by atoms with van der Waals surface area (Å²) in [5, 5.41) is 13.2. The van der Waals surface area contributed by atoms with Gasteiger partial charge in [0.2, 0.25) is 0 Å². The zero-order valence-electron chi connectivity index (χ0n) is 11.6. The Kier molecular flexibility index (Phi) is 5.04. The number of hydrogen-bond donors (Lipinski definition) is 2. The normalized spacial score (nSPS) is 12.2. The second-order valence-electron chi connectivity index (χ2n) is 4.66. The van der Waals surface area contributed by atoms with E-state index in [1.807, 2.05) is 18.2 Å². The van der Waals surface area contributed by atoms with Crippen LogP contribution >= 0.6 is 15.9 Å². The third kappa shape index (κ3) is 3.74. The van der Waals surface area contributed by atoms with E-state index in [-0.39, 0.29) is 11.8 Å². The Labute approximate surface area is 127 Å². The first-order valence-corrected chi connectivity index (χ1v) is 7.24. The Bertz CT molecular complexity index is 569. The summed E-state index contributed by atoms with van der Waals surface area (Å²) in [4.78, 5) is 0. The van der Waals surface area contributed by atoms with E-state index in [0.29, 0.717) is 12.3 Å². The number of hydrogen-bond acceptors (Lipinski definition) is 3. The van der Waals surface area contributed by atoms with Crippen molar-refractivity contribution >= 4 is 15.9 Å². The summed E-state index contributed by atoms with van der Waals surface area (Å²) >= 11 is 3.43. The molecule has 0 bridgehead atoms. The van der Waals surface area contributed by atoms with Gasteiger partial charge in [-0.1, -0.05) is 34.1 Å². The number of ether oxygens (including phenoxy) is 1. The van der Waals surface area contributed by atoms with Crippen LogP contribution in [0.5, 0.6) is 11.5 Å². The summed E-state index contributed by atoms with van der Waals surface area (Å²) in [6.45, 7) is 2.81. The standard InChI is InChI=1S/C16H18BrNO2/c1-11(13-4-6-14(17)7-5-13)18-10-12-3-8-16(20-2)15(19)9-12/h3-9,11,18-19H,10H2,1-2H3/t11-/m0/s1. The molecule has 0 amide bonds. The Morgan fingerprint density at radius 2 is 1.90 bits per heavy atom. The molecule has 2 N–H and O–H groups in total. The highest BCUT2D eigenvalue weighted by Crippen LogP contribution is 2.26. The van der Waals surface area contributed by atoms with Gasteiger partial charge in [-0.05, 0) is 42.3 Å². The maximum Gasteiger partial charge on any atom is 0.160 e. The molecule has 0 aliphatic rings. The summed E-state index contributed by atoms with van der Waals surface area (Å²) in [6, 6.07) is 13.9. The summed E-state index contributed by atoms with van der Waals surface area (Å²) in [5.41, 5.74) is 2.25. The fraction of sp³-hybridized carbons (Fsp3) is 0.250. The van der Waals surface area contributed by atoms with Crippen molar-refractivity contribution in [2.45, 2.75) is 19.5 Å². The van der Waals surface area contributed by atoms with Gasteiger partial charge >= 0.3 is 0 Å². The molecule has 3 nitrogen and oxygen atoms in total. The molecule has 0 spiro atoms. The molecular weight excluding hydrogens is 318 g/mol. The number of halogens is 1. The Balaban J connectivity index is 1.97. The minimum Gasteiger partial charge on any atom is -0.504 e. The second-order valence-corrected chi connectivity index (χ2v) is 5.58. The molecule has 0 radical (unpaired) electrons. The van der Waals surface area contributed by atoms with Gasteiger partial charge < -0.3 is 15.2 Å². The summed E-state index contributed by atoms with van der Waals surface area (Å²) in [5.74, 6) is 0.665. The number of aromatic hydroxyl groups is 1. The van der Waals surface area contributed by atoms with Crippen molar-refractivity contribution < 1.29 is 9.84 Å². The van der Waals surface area contributed by atoms with Crippen LogP contribution in [0.3, 0.4) is 0 Å². The third-order valence-corrected chi connectivity index (χ3v) is 3.75. The van der Waals surface area contributed by atoms with Gasteiger partial charge in [-0.25, -0.2) is 0 Å². The van der Waals surface area contributed by atoms with Gasteiger partial charge in [-0.2, -0.15) is 0 Å². The molecule has 1 atom stereocenters. The average Bonchev–Trinajstić information content (AvgIpc) is 2.45. The van der Waals surface area contributed by atoms with Gasteiger partial charge in [0.25, 0.3) is 0 Å². The lowest BCUT2D eigenvalue weighted by Crippen LogP contribution is -2.17. The first-order chi connectivity index (χ1) is 9.60. The monoisotopic (exact) mass is 335 g/mol. The molecule has 0 aliphatic heterocycles. The number of phenolic OH excluding ortho intramolecular Hbond substituents is 1. The molecule has 0 aliphatic carbocycles. The number of benzene rings is 2. The molecule has 20 heavy (non-hydrogen) atoms. The lowest BCUT2D eigenvalue weighted by Gasteiger charge is -2.15. The van der Waals surface area contributed by atoms with Crippen LogP contribution in [0.1, 0.15) is 24.1 Å². The minimum absolute atomic E-state index is 0.170. The van der Waals surface area contributed by atoms with Gasteiger partial charge in [0.05, 0.1) is 7.11 Å². The number of phenols is 1. The fourth-order valence-corrected chi connectivity index (χ4v) is 2.25. The number of rotatable bonds is 5. The molecule has 2 aromatic rings. The minimum atomic E-state index is 0.170. The maximum atomic E-state index is 9.75. The van der Waals surface area contributed by atoms with E-state index in [1.54, 1.807) is 19.2 Å². The van der Waals surface area contributed by atoms with Gasteiger partial charge in [-0.15, -0.1) is 0 Å². The summed E-state index contributed by atoms with van der Waals surface area (Å²) < 4.78 is 6.11. The van der Waals surface area contributed by atoms with Crippen molar-refractivity contribution in [3.63, 3.8) is 0 Å². The van der Waals surface area contributed by atoms with Crippen LogP contribution in [0.2, 0.25) is 0 Å². The van der Waals surface area contributed by atoms with Gasteiger partial charge in [-0.3, -0.25) is 0 Å². The van der Waals surface area contributed by atoms with Crippen molar-refractivity contribution in [3.05, 3.63) is 58.1 Å². The van der Waals surface area contributed by atoms with Crippen LogP contribution in [0.25, 0.3) is 0 Å². The van der Waals surface area contributed by atoms with Crippen molar-refractivity contribution in [2.24, 2.45) is 0 Å². The van der Waals surface area contributed by atoms with Crippen LogP contribution in [-0.4, -0.2) is 12.2 Å². The maximum absolute atomic E-state index is 9.75. The molecule has 0 saturated carbocycles. The zero-order chi connectivity index (χ0) is 14.5. The molecule has 4 heteroatoms. The molecule has 2 rings (SSSR count). The fourth-order valence-electron chi connectivity index (χ4n) is 1.99. The molecule has 106 valence electrons. The smallest absolute Gasteiger partial charge is 0.160 e. The van der Waals surface area contributed by atoms with E-state index < -0.39 is 0 Å². The Morgan fingerprint density at radius 3 is 2.50 bits per heavy atom. The molecule has 0 fully saturated rings.